The van der Waals surface area contributed by atoms with Crippen LogP contribution in [0.4, 0.5) is 5.69 Å². The molecule has 0 amide bonds. The zero-order valence-corrected chi connectivity index (χ0v) is 12.0. The third-order valence-corrected chi connectivity index (χ3v) is 5.00. The number of nitrogens with zero attached hydrogens (tertiary/aromatic N) is 1. The summed E-state index contributed by atoms with van der Waals surface area (Å²) in [6.45, 7) is 1.70. The van der Waals surface area contributed by atoms with Crippen molar-refractivity contribution in [2.45, 2.75) is 25.4 Å². The van der Waals surface area contributed by atoms with Crippen LogP contribution in [0.1, 0.15) is 18.4 Å². The van der Waals surface area contributed by atoms with Crippen LogP contribution < -0.4 is 10.5 Å². The average molecular weight is 283 g/mol. The van der Waals surface area contributed by atoms with Gasteiger partial charge in [0.1, 0.15) is 0 Å². The summed E-state index contributed by atoms with van der Waals surface area (Å²) >= 11 is 0. The van der Waals surface area contributed by atoms with Crippen LogP contribution in [0, 0.1) is 0 Å². The predicted octanol–water partition coefficient (Wildman–Crippen LogP) is 0.782. The molecule has 1 aromatic carbocycles. The maximum absolute atomic E-state index is 11.6. The van der Waals surface area contributed by atoms with Crippen molar-refractivity contribution in [1.82, 2.24) is 9.62 Å². The Bertz CT molecular complexity index is 530. The van der Waals surface area contributed by atoms with Gasteiger partial charge in [0, 0.05) is 18.3 Å². The zero-order chi connectivity index (χ0) is 13.9. The minimum atomic E-state index is -3.15. The molecule has 106 valence electrons. The van der Waals surface area contributed by atoms with Gasteiger partial charge in [0.05, 0.1) is 5.75 Å². The van der Waals surface area contributed by atoms with Gasteiger partial charge >= 0.3 is 0 Å². The molecule has 6 heteroatoms. The number of nitrogens with one attached hydrogen (secondary N) is 1. The van der Waals surface area contributed by atoms with E-state index < -0.39 is 10.0 Å². The summed E-state index contributed by atoms with van der Waals surface area (Å²) in [5.41, 5.74) is 7.65. The van der Waals surface area contributed by atoms with Crippen LogP contribution in [-0.2, 0) is 16.6 Å². The van der Waals surface area contributed by atoms with Gasteiger partial charge in [-0.2, -0.15) is 0 Å². The topological polar surface area (TPSA) is 75.4 Å². The normalized spacial score (nSPS) is 20.8. The van der Waals surface area contributed by atoms with Crippen LogP contribution in [0.5, 0.6) is 0 Å². The molecule has 1 unspecified atom stereocenters. The fourth-order valence-electron chi connectivity index (χ4n) is 2.55. The predicted molar refractivity (Wildman–Crippen MR) is 77.1 cm³/mol. The molecule has 0 aliphatic carbocycles. The Balaban J connectivity index is 2.03. The second kappa shape index (κ2) is 5.90. The van der Waals surface area contributed by atoms with E-state index in [4.69, 9.17) is 5.73 Å². The number of rotatable bonds is 5. The summed E-state index contributed by atoms with van der Waals surface area (Å²) in [5.74, 6) is 0.172. The van der Waals surface area contributed by atoms with Gasteiger partial charge in [0.15, 0.2) is 0 Å². The van der Waals surface area contributed by atoms with Crippen molar-refractivity contribution >= 4 is 15.7 Å². The third kappa shape index (κ3) is 3.92. The van der Waals surface area contributed by atoms with Gasteiger partial charge in [-0.25, -0.2) is 13.1 Å². The number of nitrogen functional groups attached to an aromatic ring is 1. The van der Waals surface area contributed by atoms with E-state index in [0.29, 0.717) is 0 Å². The maximum atomic E-state index is 11.6. The molecule has 0 spiro atoms. The van der Waals surface area contributed by atoms with Crippen molar-refractivity contribution in [1.29, 1.82) is 0 Å². The van der Waals surface area contributed by atoms with Gasteiger partial charge in [-0.3, -0.25) is 4.90 Å². The smallest absolute Gasteiger partial charge is 0.212 e. The van der Waals surface area contributed by atoms with Gasteiger partial charge in [-0.1, -0.05) is 12.1 Å². The lowest BCUT2D eigenvalue weighted by Crippen LogP contribution is -2.38. The average Bonchev–Trinajstić information content (AvgIpc) is 2.76. The lowest BCUT2D eigenvalue weighted by Gasteiger charge is -2.24. The molecule has 2 rings (SSSR count). The first-order valence-corrected chi connectivity index (χ1v) is 8.15. The van der Waals surface area contributed by atoms with E-state index in [0.717, 1.165) is 37.2 Å². The Morgan fingerprint density at radius 3 is 2.95 bits per heavy atom. The largest absolute Gasteiger partial charge is 0.399 e. The summed E-state index contributed by atoms with van der Waals surface area (Å²) in [5, 5.41) is 0. The molecule has 0 saturated carbocycles. The molecule has 0 aromatic heterocycles. The van der Waals surface area contributed by atoms with Crippen LogP contribution in [0.15, 0.2) is 24.3 Å². The lowest BCUT2D eigenvalue weighted by molar-refractivity contribution is 0.261. The van der Waals surface area contributed by atoms with E-state index in [1.807, 2.05) is 24.3 Å². The van der Waals surface area contributed by atoms with Gasteiger partial charge in [-0.15, -0.1) is 0 Å². The highest BCUT2D eigenvalue weighted by Gasteiger charge is 2.28. The van der Waals surface area contributed by atoms with E-state index >= 15 is 0 Å². The summed E-state index contributed by atoms with van der Waals surface area (Å²) in [4.78, 5) is 2.23. The van der Waals surface area contributed by atoms with Crippen LogP contribution in [0.3, 0.4) is 0 Å². The molecule has 1 aliphatic rings. The molecule has 1 atom stereocenters. The number of anilines is 1. The van der Waals surface area contributed by atoms with Gasteiger partial charge < -0.3 is 5.73 Å². The van der Waals surface area contributed by atoms with Crippen molar-refractivity contribution in [2.75, 3.05) is 25.1 Å². The lowest BCUT2D eigenvalue weighted by atomic mass is 10.2. The first-order chi connectivity index (χ1) is 9.00. The number of sulfonamides is 1. The van der Waals surface area contributed by atoms with Crippen molar-refractivity contribution in [3.63, 3.8) is 0 Å². The van der Waals surface area contributed by atoms with E-state index in [2.05, 4.69) is 9.62 Å². The van der Waals surface area contributed by atoms with E-state index in [1.54, 1.807) is 0 Å². The Kier molecular flexibility index (Phi) is 4.44. The minimum Gasteiger partial charge on any atom is -0.399 e. The Morgan fingerprint density at radius 2 is 2.26 bits per heavy atom. The monoisotopic (exact) mass is 283 g/mol. The summed E-state index contributed by atoms with van der Waals surface area (Å²) in [6, 6.07) is 7.86. The number of nitrogens with two attached hydrogens (primary N) is 1. The second-order valence-electron chi connectivity index (χ2n) is 5.00. The number of hydrogen-bond donors (Lipinski definition) is 2. The molecule has 1 aliphatic heterocycles. The summed E-state index contributed by atoms with van der Waals surface area (Å²) < 4.78 is 25.7. The molecule has 0 radical (unpaired) electrons. The van der Waals surface area contributed by atoms with Gasteiger partial charge in [-0.05, 0) is 44.1 Å². The Labute approximate surface area is 114 Å². The Hall–Kier alpha value is -1.11. The van der Waals surface area contributed by atoms with Crippen LogP contribution in [0.25, 0.3) is 0 Å². The van der Waals surface area contributed by atoms with Crippen molar-refractivity contribution < 1.29 is 8.42 Å². The van der Waals surface area contributed by atoms with E-state index in [1.165, 1.54) is 7.05 Å². The van der Waals surface area contributed by atoms with E-state index in [-0.39, 0.29) is 11.8 Å². The molecule has 1 saturated heterocycles. The van der Waals surface area contributed by atoms with Gasteiger partial charge in [0.25, 0.3) is 0 Å². The molecule has 1 aromatic rings. The number of likely N-dealkylation sites (tertiary alicyclic amines) is 1. The highest BCUT2D eigenvalue weighted by atomic mass is 32.2. The van der Waals surface area contributed by atoms with Crippen molar-refractivity contribution in [3.05, 3.63) is 29.8 Å². The molecule has 1 heterocycles. The first kappa shape index (κ1) is 14.3. The molecular weight excluding hydrogens is 262 g/mol. The van der Waals surface area contributed by atoms with Gasteiger partial charge in [0.2, 0.25) is 10.0 Å². The molecule has 3 N–H and O–H groups in total. The molecular formula is C13H21N3O2S. The minimum absolute atomic E-state index is 0.0962. The van der Waals surface area contributed by atoms with Crippen LogP contribution in [0.2, 0.25) is 0 Å². The fourth-order valence-corrected chi connectivity index (χ4v) is 3.61. The van der Waals surface area contributed by atoms with Crippen molar-refractivity contribution in [3.8, 4) is 0 Å². The second-order valence-corrected chi connectivity index (χ2v) is 6.97. The standard InChI is InChI=1S/C13H21N3O2S/c1-15-19(17,18)10-13-6-3-7-16(13)9-11-4-2-5-12(14)8-11/h2,4-5,8,13,15H,3,6-7,9-10,14H2,1H3. The summed E-state index contributed by atoms with van der Waals surface area (Å²) in [6.07, 6.45) is 1.98. The fraction of sp³-hybridized carbons (Fsp3) is 0.538. The SMILES string of the molecule is CNS(=O)(=O)CC1CCCN1Cc1cccc(N)c1. The first-order valence-electron chi connectivity index (χ1n) is 6.50. The van der Waals surface area contributed by atoms with E-state index in [9.17, 15) is 8.42 Å². The Morgan fingerprint density at radius 1 is 1.47 bits per heavy atom. The number of benzene rings is 1. The molecule has 5 nitrogen and oxygen atoms in total. The highest BCUT2D eigenvalue weighted by Crippen LogP contribution is 2.21. The highest BCUT2D eigenvalue weighted by molar-refractivity contribution is 7.89. The maximum Gasteiger partial charge on any atom is 0.212 e. The molecule has 19 heavy (non-hydrogen) atoms. The van der Waals surface area contributed by atoms with Crippen LogP contribution >= 0.6 is 0 Å². The van der Waals surface area contributed by atoms with Crippen molar-refractivity contribution in [2.24, 2.45) is 0 Å². The number of hydrogen-bond acceptors (Lipinski definition) is 4. The van der Waals surface area contributed by atoms with Crippen LogP contribution in [-0.4, -0.2) is 38.7 Å². The zero-order valence-electron chi connectivity index (χ0n) is 11.2. The summed E-state index contributed by atoms with van der Waals surface area (Å²) in [7, 11) is -1.69. The third-order valence-electron chi connectivity index (χ3n) is 3.56. The molecule has 0 bridgehead atoms. The quantitative estimate of drug-likeness (QED) is 0.783. The molecule has 1 fully saturated rings.